The predicted octanol–water partition coefficient (Wildman–Crippen LogP) is 1.48. The van der Waals surface area contributed by atoms with Crippen molar-refractivity contribution in [3.8, 4) is 0 Å². The van der Waals surface area contributed by atoms with Crippen LogP contribution in [0.15, 0.2) is 12.3 Å². The molecule has 1 aromatic rings. The zero-order chi connectivity index (χ0) is 12.5. The summed E-state index contributed by atoms with van der Waals surface area (Å²) in [7, 11) is 0. The molecule has 6 heteroatoms. The zero-order valence-corrected chi connectivity index (χ0v) is 11.6. The van der Waals surface area contributed by atoms with E-state index in [0.29, 0.717) is 10.0 Å². The van der Waals surface area contributed by atoms with Crippen molar-refractivity contribution < 1.29 is 0 Å². The molecule has 2 fully saturated rings. The summed E-state index contributed by atoms with van der Waals surface area (Å²) in [6.45, 7) is 6.36. The van der Waals surface area contributed by atoms with Gasteiger partial charge in [0.1, 0.15) is 5.82 Å². The molecule has 0 atom stereocenters. The van der Waals surface area contributed by atoms with Crippen LogP contribution in [0.2, 0.25) is 10.0 Å². The summed E-state index contributed by atoms with van der Waals surface area (Å²) in [6.07, 6.45) is 1.66. The summed E-state index contributed by atoms with van der Waals surface area (Å²) in [5.41, 5.74) is 0. The lowest BCUT2D eigenvalue weighted by molar-refractivity contribution is 0.137. The van der Waals surface area contributed by atoms with Crippen LogP contribution in [0, 0.1) is 0 Å². The number of nitrogens with one attached hydrogen (secondary N) is 1. The Bertz CT molecular complexity index is 428. The van der Waals surface area contributed by atoms with E-state index in [2.05, 4.69) is 20.1 Å². The predicted molar refractivity (Wildman–Crippen MR) is 74.7 cm³/mol. The monoisotopic (exact) mass is 286 g/mol. The van der Waals surface area contributed by atoms with Gasteiger partial charge in [0.25, 0.3) is 0 Å². The van der Waals surface area contributed by atoms with Crippen LogP contribution in [-0.2, 0) is 0 Å². The number of aromatic nitrogens is 1. The van der Waals surface area contributed by atoms with Crippen molar-refractivity contribution in [3.05, 3.63) is 22.3 Å². The van der Waals surface area contributed by atoms with Crippen LogP contribution in [0.3, 0.4) is 0 Å². The summed E-state index contributed by atoms with van der Waals surface area (Å²) >= 11 is 12.1. The molecule has 2 aliphatic rings. The van der Waals surface area contributed by atoms with Crippen LogP contribution in [0.4, 0.5) is 5.82 Å². The second-order valence-electron chi connectivity index (χ2n) is 4.79. The van der Waals surface area contributed by atoms with Crippen molar-refractivity contribution in [2.75, 3.05) is 44.2 Å². The molecule has 18 heavy (non-hydrogen) atoms. The fraction of sp³-hybridized carbons (Fsp3) is 0.583. The highest BCUT2D eigenvalue weighted by Crippen LogP contribution is 2.27. The fourth-order valence-corrected chi connectivity index (χ4v) is 2.97. The Labute approximate surface area is 117 Å². The van der Waals surface area contributed by atoms with Gasteiger partial charge in [0, 0.05) is 51.5 Å². The van der Waals surface area contributed by atoms with Crippen molar-refractivity contribution in [3.63, 3.8) is 0 Å². The molecule has 0 spiro atoms. The highest BCUT2D eigenvalue weighted by molar-refractivity contribution is 6.36. The van der Waals surface area contributed by atoms with E-state index in [9.17, 15) is 0 Å². The second-order valence-corrected chi connectivity index (χ2v) is 5.64. The van der Waals surface area contributed by atoms with E-state index in [0.717, 1.165) is 51.1 Å². The molecule has 0 amide bonds. The Balaban J connectivity index is 1.64. The normalized spacial score (nSPS) is 22.0. The first-order valence-electron chi connectivity index (χ1n) is 6.25. The Hall–Kier alpha value is -0.550. The van der Waals surface area contributed by atoms with Crippen LogP contribution in [0.5, 0.6) is 0 Å². The average Bonchev–Trinajstić information content (AvgIpc) is 2.28. The van der Waals surface area contributed by atoms with Crippen LogP contribution >= 0.6 is 23.2 Å². The molecule has 1 aromatic heterocycles. The third-order valence-electron chi connectivity index (χ3n) is 3.68. The number of anilines is 1. The van der Waals surface area contributed by atoms with Crippen LogP contribution in [0.1, 0.15) is 0 Å². The molecule has 0 radical (unpaired) electrons. The van der Waals surface area contributed by atoms with Gasteiger partial charge in [-0.25, -0.2) is 4.98 Å². The van der Waals surface area contributed by atoms with Gasteiger partial charge in [-0.1, -0.05) is 23.2 Å². The minimum atomic E-state index is 0.586. The van der Waals surface area contributed by atoms with Crippen molar-refractivity contribution in [2.45, 2.75) is 6.04 Å². The molecule has 2 saturated heterocycles. The number of nitrogens with zero attached hydrogens (tertiary/aromatic N) is 3. The number of rotatable bonds is 2. The fourth-order valence-electron chi connectivity index (χ4n) is 2.47. The quantitative estimate of drug-likeness (QED) is 0.893. The summed E-state index contributed by atoms with van der Waals surface area (Å²) < 4.78 is 0. The van der Waals surface area contributed by atoms with E-state index in [-0.39, 0.29) is 0 Å². The minimum Gasteiger partial charge on any atom is -0.353 e. The van der Waals surface area contributed by atoms with E-state index < -0.39 is 0 Å². The molecular weight excluding hydrogens is 271 g/mol. The molecule has 98 valence electrons. The molecule has 0 aliphatic carbocycles. The standard InChI is InChI=1S/C12H16Cl2N4/c13-9-5-11(14)12(16-6-9)18-3-1-17(2-4-18)10-7-15-8-10/h5-6,10,15H,1-4,7-8H2. The number of pyridine rings is 1. The van der Waals surface area contributed by atoms with E-state index in [1.165, 1.54) is 0 Å². The maximum Gasteiger partial charge on any atom is 0.147 e. The lowest BCUT2D eigenvalue weighted by Gasteiger charge is -2.43. The van der Waals surface area contributed by atoms with E-state index >= 15 is 0 Å². The molecule has 3 rings (SSSR count). The van der Waals surface area contributed by atoms with Gasteiger partial charge in [-0.15, -0.1) is 0 Å². The molecule has 0 saturated carbocycles. The van der Waals surface area contributed by atoms with Gasteiger partial charge in [-0.2, -0.15) is 0 Å². The first-order valence-corrected chi connectivity index (χ1v) is 7.00. The maximum absolute atomic E-state index is 6.19. The molecule has 1 N–H and O–H groups in total. The minimum absolute atomic E-state index is 0.586. The SMILES string of the molecule is Clc1cnc(N2CCN(C3CNC3)CC2)c(Cl)c1. The zero-order valence-electron chi connectivity index (χ0n) is 10.1. The summed E-state index contributed by atoms with van der Waals surface area (Å²) in [4.78, 5) is 9.11. The lowest BCUT2D eigenvalue weighted by Crippen LogP contribution is -2.61. The largest absolute Gasteiger partial charge is 0.353 e. The molecule has 2 aliphatic heterocycles. The van der Waals surface area contributed by atoms with Crippen molar-refractivity contribution in [2.24, 2.45) is 0 Å². The van der Waals surface area contributed by atoms with Crippen molar-refractivity contribution >= 4 is 29.0 Å². The Morgan fingerprint density at radius 2 is 1.89 bits per heavy atom. The van der Waals surface area contributed by atoms with Gasteiger partial charge >= 0.3 is 0 Å². The first kappa shape index (κ1) is 12.5. The summed E-state index contributed by atoms with van der Waals surface area (Å²) in [5, 5.41) is 4.54. The second kappa shape index (κ2) is 5.21. The third kappa shape index (κ3) is 2.43. The van der Waals surface area contributed by atoms with E-state index in [1.54, 1.807) is 12.3 Å². The van der Waals surface area contributed by atoms with Gasteiger partial charge in [0.15, 0.2) is 0 Å². The van der Waals surface area contributed by atoms with Gasteiger partial charge in [-0.3, -0.25) is 4.90 Å². The molecule has 3 heterocycles. The van der Waals surface area contributed by atoms with E-state index in [4.69, 9.17) is 23.2 Å². The summed E-state index contributed by atoms with van der Waals surface area (Å²) in [5.74, 6) is 0.854. The van der Waals surface area contributed by atoms with Crippen molar-refractivity contribution in [1.82, 2.24) is 15.2 Å². The van der Waals surface area contributed by atoms with E-state index in [1.807, 2.05) is 0 Å². The Morgan fingerprint density at radius 3 is 2.44 bits per heavy atom. The molecule has 4 nitrogen and oxygen atoms in total. The Kier molecular flexibility index (Phi) is 3.61. The van der Waals surface area contributed by atoms with Crippen LogP contribution in [0.25, 0.3) is 0 Å². The maximum atomic E-state index is 6.19. The van der Waals surface area contributed by atoms with Crippen molar-refractivity contribution in [1.29, 1.82) is 0 Å². The molecular formula is C12H16Cl2N4. The molecule has 0 bridgehead atoms. The highest BCUT2D eigenvalue weighted by atomic mass is 35.5. The van der Waals surface area contributed by atoms with Crippen LogP contribution < -0.4 is 10.2 Å². The van der Waals surface area contributed by atoms with Gasteiger partial charge in [0.05, 0.1) is 10.0 Å². The Morgan fingerprint density at radius 1 is 1.17 bits per heavy atom. The highest BCUT2D eigenvalue weighted by Gasteiger charge is 2.28. The van der Waals surface area contributed by atoms with Crippen LogP contribution in [-0.4, -0.2) is 55.2 Å². The van der Waals surface area contributed by atoms with Gasteiger partial charge in [0.2, 0.25) is 0 Å². The topological polar surface area (TPSA) is 31.4 Å². The average molecular weight is 287 g/mol. The number of halogens is 2. The molecule has 0 unspecified atom stereocenters. The third-order valence-corrected chi connectivity index (χ3v) is 4.16. The van der Waals surface area contributed by atoms with Gasteiger partial charge in [-0.05, 0) is 6.07 Å². The lowest BCUT2D eigenvalue weighted by atomic mass is 10.1. The first-order chi connectivity index (χ1) is 8.74. The number of piperazine rings is 1. The van der Waals surface area contributed by atoms with Gasteiger partial charge < -0.3 is 10.2 Å². The number of hydrogen-bond acceptors (Lipinski definition) is 4. The summed E-state index contributed by atoms with van der Waals surface area (Å²) in [6, 6.07) is 2.48. The molecule has 0 aromatic carbocycles. The smallest absolute Gasteiger partial charge is 0.147 e. The number of hydrogen-bond donors (Lipinski definition) is 1.